The van der Waals surface area contributed by atoms with Crippen LogP contribution < -0.4 is 15.0 Å². The van der Waals surface area contributed by atoms with Gasteiger partial charge in [-0.3, -0.25) is 9.59 Å². The van der Waals surface area contributed by atoms with Crippen molar-refractivity contribution in [3.63, 3.8) is 0 Å². The maximum atomic E-state index is 13.8. The molecule has 8 nitrogen and oxygen atoms in total. The van der Waals surface area contributed by atoms with Gasteiger partial charge in [0, 0.05) is 57.3 Å². The van der Waals surface area contributed by atoms with Crippen molar-refractivity contribution in [2.24, 2.45) is 0 Å². The van der Waals surface area contributed by atoms with E-state index in [4.69, 9.17) is 16.3 Å². The molecule has 0 saturated heterocycles. The van der Waals surface area contributed by atoms with Gasteiger partial charge in [-0.15, -0.1) is 11.6 Å². The number of hydrogen-bond donors (Lipinski definition) is 4. The highest BCUT2D eigenvalue weighted by Crippen LogP contribution is 2.46. The number of rotatable bonds is 5. The van der Waals surface area contributed by atoms with E-state index in [1.807, 2.05) is 54.6 Å². The third-order valence-corrected chi connectivity index (χ3v) is 8.13. The van der Waals surface area contributed by atoms with E-state index in [0.717, 1.165) is 32.8 Å². The summed E-state index contributed by atoms with van der Waals surface area (Å²) in [6, 6.07) is 23.9. The van der Waals surface area contributed by atoms with Crippen LogP contribution in [0.4, 0.5) is 11.4 Å². The van der Waals surface area contributed by atoms with Gasteiger partial charge in [0.1, 0.15) is 22.9 Å². The standard InChI is InChI=1S/C32H25ClN4O4/c1-41-21-7-8-22-23(13-21)30-19(15-33)16-37(28(30)14-29(22)38)32(40)27-12-18-10-20(6-9-25(18)36-27)34-31(39)26-11-17-4-2-3-5-24(17)35-26/h2-14,19,35-36,38H,15-16H2,1H3,(H,34,39)/t19-/m1/s1. The number of H-pyrrole nitrogens is 2. The van der Waals surface area contributed by atoms with Gasteiger partial charge in [0.05, 0.1) is 12.8 Å². The average molecular weight is 565 g/mol. The fraction of sp³-hybridized carbons (Fsp3) is 0.125. The number of phenolic OH excluding ortho intramolecular Hbond substituents is 1. The van der Waals surface area contributed by atoms with E-state index in [2.05, 4.69) is 15.3 Å². The van der Waals surface area contributed by atoms with Gasteiger partial charge < -0.3 is 30.0 Å². The molecule has 4 N–H and O–H groups in total. The number of aromatic hydroxyl groups is 1. The van der Waals surface area contributed by atoms with E-state index in [-0.39, 0.29) is 23.5 Å². The highest BCUT2D eigenvalue weighted by atomic mass is 35.5. The number of anilines is 2. The first-order chi connectivity index (χ1) is 19.9. The SMILES string of the molecule is COc1ccc2c(O)cc3c(c2c1)[C@H](CCl)CN3C(=O)c1cc2cc(NC(=O)c3cc4ccccc4[nH]3)ccc2[nH]1. The van der Waals surface area contributed by atoms with Crippen LogP contribution in [-0.2, 0) is 0 Å². The molecular weight excluding hydrogens is 540 g/mol. The van der Waals surface area contributed by atoms with E-state index in [0.29, 0.717) is 46.3 Å². The Morgan fingerprint density at radius 1 is 0.951 bits per heavy atom. The number of nitrogens with one attached hydrogen (secondary N) is 3. The Labute approximate surface area is 239 Å². The Kier molecular flexibility index (Phi) is 5.87. The molecule has 2 amide bonds. The fourth-order valence-corrected chi connectivity index (χ4v) is 6.02. The normalized spacial score (nSPS) is 14.6. The van der Waals surface area contributed by atoms with Gasteiger partial charge in [0.15, 0.2) is 0 Å². The number of aromatic nitrogens is 2. The molecule has 2 aromatic heterocycles. The molecule has 41 heavy (non-hydrogen) atoms. The summed E-state index contributed by atoms with van der Waals surface area (Å²) in [4.78, 5) is 34.7. The van der Waals surface area contributed by atoms with Gasteiger partial charge in [-0.2, -0.15) is 0 Å². The summed E-state index contributed by atoms with van der Waals surface area (Å²) in [6.45, 7) is 0.384. The van der Waals surface area contributed by atoms with Gasteiger partial charge in [0.2, 0.25) is 0 Å². The fourth-order valence-electron chi connectivity index (χ4n) is 5.77. The first-order valence-electron chi connectivity index (χ1n) is 13.2. The van der Waals surface area contributed by atoms with Gasteiger partial charge >= 0.3 is 0 Å². The number of alkyl halides is 1. The summed E-state index contributed by atoms with van der Waals surface area (Å²) < 4.78 is 5.41. The Morgan fingerprint density at radius 3 is 2.54 bits per heavy atom. The van der Waals surface area contributed by atoms with Crippen molar-refractivity contribution >= 4 is 67.4 Å². The van der Waals surface area contributed by atoms with Crippen molar-refractivity contribution in [1.29, 1.82) is 0 Å². The Hall–Kier alpha value is -4.95. The highest BCUT2D eigenvalue weighted by Gasteiger charge is 2.35. The molecule has 204 valence electrons. The number of nitrogens with zero attached hydrogens (tertiary/aromatic N) is 1. The molecule has 0 fully saturated rings. The third-order valence-electron chi connectivity index (χ3n) is 7.76. The lowest BCUT2D eigenvalue weighted by Crippen LogP contribution is -2.30. The predicted octanol–water partition coefficient (Wildman–Crippen LogP) is 6.75. The zero-order chi connectivity index (χ0) is 28.2. The number of halogens is 1. The molecule has 6 aromatic rings. The first kappa shape index (κ1) is 25.0. The maximum Gasteiger partial charge on any atom is 0.274 e. The van der Waals surface area contributed by atoms with Gasteiger partial charge in [-0.25, -0.2) is 0 Å². The van der Waals surface area contributed by atoms with Crippen LogP contribution in [0, 0.1) is 0 Å². The first-order valence-corrected chi connectivity index (χ1v) is 13.7. The van der Waals surface area contributed by atoms with E-state index in [9.17, 15) is 14.7 Å². The summed E-state index contributed by atoms with van der Waals surface area (Å²) >= 11 is 6.38. The maximum absolute atomic E-state index is 13.8. The number of methoxy groups -OCH3 is 1. The lowest BCUT2D eigenvalue weighted by molar-refractivity contribution is 0.0982. The number of ether oxygens (including phenoxy) is 1. The minimum Gasteiger partial charge on any atom is -0.507 e. The largest absolute Gasteiger partial charge is 0.507 e. The molecular formula is C32H25ClN4O4. The zero-order valence-corrected chi connectivity index (χ0v) is 22.8. The van der Waals surface area contributed by atoms with Crippen LogP contribution in [0.5, 0.6) is 11.5 Å². The molecule has 0 unspecified atom stereocenters. The Morgan fingerprint density at radius 2 is 1.73 bits per heavy atom. The third kappa shape index (κ3) is 4.15. The number of hydrogen-bond acceptors (Lipinski definition) is 4. The number of phenols is 1. The van der Waals surface area contributed by atoms with Crippen molar-refractivity contribution in [3.05, 3.63) is 95.8 Å². The van der Waals surface area contributed by atoms with Crippen LogP contribution in [0.25, 0.3) is 32.6 Å². The second kappa shape index (κ2) is 9.60. The molecule has 0 spiro atoms. The summed E-state index contributed by atoms with van der Waals surface area (Å²) in [7, 11) is 1.59. The van der Waals surface area contributed by atoms with Crippen LogP contribution in [0.2, 0.25) is 0 Å². The number of carbonyl (C=O) groups excluding carboxylic acids is 2. The van der Waals surface area contributed by atoms with E-state index in [1.54, 1.807) is 36.3 Å². The van der Waals surface area contributed by atoms with Crippen molar-refractivity contribution in [2.75, 3.05) is 29.8 Å². The summed E-state index contributed by atoms with van der Waals surface area (Å²) in [5.41, 5.74) is 4.66. The van der Waals surface area contributed by atoms with Crippen molar-refractivity contribution in [3.8, 4) is 11.5 Å². The number of amides is 2. The summed E-state index contributed by atoms with van der Waals surface area (Å²) in [6.07, 6.45) is 0. The molecule has 1 aliphatic heterocycles. The highest BCUT2D eigenvalue weighted by molar-refractivity contribution is 6.19. The number of aromatic amines is 2. The molecule has 9 heteroatoms. The minimum absolute atomic E-state index is 0.0846. The molecule has 7 rings (SSSR count). The molecule has 0 saturated carbocycles. The van der Waals surface area contributed by atoms with Crippen molar-refractivity contribution < 1.29 is 19.4 Å². The number of benzene rings is 4. The second-order valence-corrected chi connectivity index (χ2v) is 10.5. The molecule has 0 radical (unpaired) electrons. The van der Waals surface area contributed by atoms with Crippen molar-refractivity contribution in [1.82, 2.24) is 9.97 Å². The van der Waals surface area contributed by atoms with Gasteiger partial charge in [0.25, 0.3) is 11.8 Å². The van der Waals surface area contributed by atoms with Crippen LogP contribution in [0.1, 0.15) is 32.5 Å². The van der Waals surface area contributed by atoms with Crippen LogP contribution in [0.3, 0.4) is 0 Å². The van der Waals surface area contributed by atoms with Crippen LogP contribution in [-0.4, -0.2) is 46.4 Å². The van der Waals surface area contributed by atoms with Crippen LogP contribution in [0.15, 0.2) is 78.9 Å². The molecule has 1 aliphatic rings. The molecule has 0 aliphatic carbocycles. The molecule has 0 bridgehead atoms. The van der Waals surface area contributed by atoms with Crippen molar-refractivity contribution in [2.45, 2.75) is 5.92 Å². The Bertz CT molecular complexity index is 1980. The predicted molar refractivity (Wildman–Crippen MR) is 162 cm³/mol. The quantitative estimate of drug-likeness (QED) is 0.174. The topological polar surface area (TPSA) is 110 Å². The van der Waals surface area contributed by atoms with E-state index in [1.165, 1.54) is 0 Å². The molecule has 1 atom stereocenters. The smallest absolute Gasteiger partial charge is 0.274 e. The van der Waals surface area contributed by atoms with Crippen LogP contribution >= 0.6 is 11.6 Å². The number of carbonyl (C=O) groups is 2. The second-order valence-electron chi connectivity index (χ2n) is 10.2. The monoisotopic (exact) mass is 564 g/mol. The summed E-state index contributed by atoms with van der Waals surface area (Å²) in [5, 5.41) is 17.0. The van der Waals surface area contributed by atoms with Gasteiger partial charge in [-0.05, 0) is 65.5 Å². The molecule has 4 aromatic carbocycles. The van der Waals surface area contributed by atoms with E-state index < -0.39 is 0 Å². The number of para-hydroxylation sites is 1. The molecule has 3 heterocycles. The van der Waals surface area contributed by atoms with Gasteiger partial charge in [-0.1, -0.05) is 18.2 Å². The minimum atomic E-state index is -0.253. The zero-order valence-electron chi connectivity index (χ0n) is 22.0. The lowest BCUT2D eigenvalue weighted by Gasteiger charge is -2.17. The number of fused-ring (bicyclic) bond motifs is 5. The Balaban J connectivity index is 1.19. The summed E-state index contributed by atoms with van der Waals surface area (Å²) in [5.74, 6) is 0.465. The average Bonchev–Trinajstić information content (AvgIpc) is 3.71. The lowest BCUT2D eigenvalue weighted by atomic mass is 9.95. The van der Waals surface area contributed by atoms with E-state index >= 15 is 0 Å².